The van der Waals surface area contributed by atoms with Crippen LogP contribution in [-0.4, -0.2) is 44.4 Å². The average Bonchev–Trinajstić information content (AvgIpc) is 2.62. The van der Waals surface area contributed by atoms with Crippen molar-refractivity contribution in [2.24, 2.45) is 5.92 Å². The molecule has 0 aromatic rings. The Hall–Kier alpha value is -2.05. The number of ether oxygens (including phenoxy) is 3. The van der Waals surface area contributed by atoms with Gasteiger partial charge in [0.1, 0.15) is 6.61 Å². The van der Waals surface area contributed by atoms with Crippen LogP contribution < -0.4 is 5.32 Å². The third-order valence-corrected chi connectivity index (χ3v) is 3.73. The molecule has 1 N–H and O–H groups in total. The van der Waals surface area contributed by atoms with Crippen LogP contribution in [0.4, 0.5) is 4.79 Å². The zero-order valence-corrected chi connectivity index (χ0v) is 16.3. The molecule has 0 aliphatic heterocycles. The van der Waals surface area contributed by atoms with Crippen LogP contribution in [0.1, 0.15) is 59.3 Å². The van der Waals surface area contributed by atoms with E-state index in [0.29, 0.717) is 24.5 Å². The van der Waals surface area contributed by atoms with E-state index >= 15 is 0 Å². The maximum atomic E-state index is 11.7. The molecule has 1 unspecified atom stereocenters. The molecule has 150 valence electrons. The Morgan fingerprint density at radius 2 is 1.77 bits per heavy atom. The number of nitrogens with one attached hydrogen (secondary N) is 1. The molecule has 0 saturated carbocycles. The Morgan fingerprint density at radius 3 is 2.38 bits per heavy atom. The summed E-state index contributed by atoms with van der Waals surface area (Å²) in [5.41, 5.74) is 0.301. The molecule has 0 aromatic heterocycles. The number of amides is 1. The third kappa shape index (κ3) is 13.3. The Morgan fingerprint density at radius 1 is 1.04 bits per heavy atom. The molecule has 1 atom stereocenters. The predicted octanol–water partition coefficient (Wildman–Crippen LogP) is 3.37. The highest BCUT2D eigenvalue weighted by molar-refractivity contribution is 5.86. The van der Waals surface area contributed by atoms with Gasteiger partial charge >= 0.3 is 18.0 Å². The fourth-order valence-corrected chi connectivity index (χ4v) is 2.03. The monoisotopic (exact) mass is 371 g/mol. The van der Waals surface area contributed by atoms with Gasteiger partial charge in [-0.1, -0.05) is 39.7 Å². The van der Waals surface area contributed by atoms with Gasteiger partial charge in [-0.3, -0.25) is 4.79 Å². The Balaban J connectivity index is 3.65. The number of hydrogen-bond donors (Lipinski definition) is 1. The smallest absolute Gasteiger partial charge is 0.407 e. The van der Waals surface area contributed by atoms with E-state index in [9.17, 15) is 14.4 Å². The normalized spacial score (nSPS) is 11.3. The van der Waals surface area contributed by atoms with E-state index < -0.39 is 12.1 Å². The van der Waals surface area contributed by atoms with Crippen LogP contribution in [0.15, 0.2) is 12.2 Å². The highest BCUT2D eigenvalue weighted by Gasteiger charge is 2.10. The molecule has 1 amide bonds. The maximum Gasteiger partial charge on any atom is 0.407 e. The van der Waals surface area contributed by atoms with Crippen molar-refractivity contribution in [3.05, 3.63) is 12.2 Å². The Bertz CT molecular complexity index is 449. The highest BCUT2D eigenvalue weighted by Crippen LogP contribution is 2.13. The second-order valence-electron chi connectivity index (χ2n) is 6.18. The first-order valence-corrected chi connectivity index (χ1v) is 9.29. The van der Waals surface area contributed by atoms with Gasteiger partial charge < -0.3 is 19.5 Å². The van der Waals surface area contributed by atoms with Crippen molar-refractivity contribution in [1.29, 1.82) is 0 Å². The number of hydrogen-bond acceptors (Lipinski definition) is 6. The van der Waals surface area contributed by atoms with E-state index in [-0.39, 0.29) is 32.1 Å². The first-order valence-electron chi connectivity index (χ1n) is 9.29. The van der Waals surface area contributed by atoms with Crippen LogP contribution in [0.2, 0.25) is 0 Å². The lowest BCUT2D eigenvalue weighted by molar-refractivity contribution is -0.145. The first kappa shape index (κ1) is 23.9. The quantitative estimate of drug-likeness (QED) is 0.218. The zero-order chi connectivity index (χ0) is 19.8. The van der Waals surface area contributed by atoms with E-state index in [1.54, 1.807) is 6.92 Å². The second-order valence-corrected chi connectivity index (χ2v) is 6.18. The molecule has 0 saturated heterocycles. The predicted molar refractivity (Wildman–Crippen MR) is 98.6 cm³/mol. The van der Waals surface area contributed by atoms with E-state index in [4.69, 9.17) is 14.2 Å². The van der Waals surface area contributed by atoms with Crippen molar-refractivity contribution in [3.63, 3.8) is 0 Å². The van der Waals surface area contributed by atoms with Gasteiger partial charge in [0.15, 0.2) is 0 Å². The van der Waals surface area contributed by atoms with Gasteiger partial charge in [0.25, 0.3) is 0 Å². The summed E-state index contributed by atoms with van der Waals surface area (Å²) < 4.78 is 15.0. The number of carbonyl (C=O) groups is 3. The molecule has 0 bridgehead atoms. The van der Waals surface area contributed by atoms with Crippen molar-refractivity contribution >= 4 is 18.0 Å². The summed E-state index contributed by atoms with van der Waals surface area (Å²) in [4.78, 5) is 34.2. The summed E-state index contributed by atoms with van der Waals surface area (Å²) in [6.07, 6.45) is 4.36. The van der Waals surface area contributed by atoms with Crippen LogP contribution in [0.5, 0.6) is 0 Å². The van der Waals surface area contributed by atoms with E-state index in [1.165, 1.54) is 0 Å². The van der Waals surface area contributed by atoms with Crippen molar-refractivity contribution in [1.82, 2.24) is 5.32 Å². The third-order valence-electron chi connectivity index (χ3n) is 3.73. The molecule has 7 heteroatoms. The number of esters is 2. The van der Waals surface area contributed by atoms with Crippen molar-refractivity contribution in [2.45, 2.75) is 59.3 Å². The minimum absolute atomic E-state index is 0.0454. The lowest BCUT2D eigenvalue weighted by Gasteiger charge is -2.14. The molecular formula is C19H33NO6. The summed E-state index contributed by atoms with van der Waals surface area (Å²) in [7, 11) is 0. The molecule has 0 spiro atoms. The fraction of sp³-hybridized carbons (Fsp3) is 0.737. The van der Waals surface area contributed by atoms with Gasteiger partial charge in [-0.2, -0.15) is 0 Å². The summed E-state index contributed by atoms with van der Waals surface area (Å²) in [5.74, 6) is -0.353. The summed E-state index contributed by atoms with van der Waals surface area (Å²) >= 11 is 0. The zero-order valence-electron chi connectivity index (χ0n) is 16.3. The van der Waals surface area contributed by atoms with Gasteiger partial charge in [-0.15, -0.1) is 0 Å². The van der Waals surface area contributed by atoms with Gasteiger partial charge in [-0.25, -0.2) is 9.59 Å². The van der Waals surface area contributed by atoms with Crippen LogP contribution in [0.25, 0.3) is 0 Å². The standard InChI is InChI=1S/C19H33NO6/c1-5-7-9-16(6-2)14-26-17(21)10-8-12-25-19(23)20-11-13-24-18(22)15(3)4/h16H,3,5-14H2,1-2,4H3,(H,20,23). The lowest BCUT2D eigenvalue weighted by Crippen LogP contribution is -2.29. The number of carbonyl (C=O) groups excluding carboxylic acids is 3. The van der Waals surface area contributed by atoms with Gasteiger partial charge in [0.2, 0.25) is 0 Å². The van der Waals surface area contributed by atoms with Gasteiger partial charge in [-0.05, 0) is 25.7 Å². The molecule has 0 aliphatic rings. The van der Waals surface area contributed by atoms with Crippen LogP contribution >= 0.6 is 0 Å². The first-order chi connectivity index (χ1) is 12.4. The van der Waals surface area contributed by atoms with Crippen molar-refractivity contribution < 1.29 is 28.6 Å². The van der Waals surface area contributed by atoms with Crippen LogP contribution in [0, 0.1) is 5.92 Å². The summed E-state index contributed by atoms with van der Waals surface area (Å²) in [6, 6.07) is 0. The second kappa shape index (κ2) is 15.2. The fourth-order valence-electron chi connectivity index (χ4n) is 2.03. The largest absolute Gasteiger partial charge is 0.465 e. The Labute approximate surface area is 156 Å². The summed E-state index contributed by atoms with van der Waals surface area (Å²) in [5, 5.41) is 2.45. The minimum atomic E-state index is -0.615. The molecule has 26 heavy (non-hydrogen) atoms. The molecule has 0 rings (SSSR count). The number of rotatable bonds is 14. The number of unbranched alkanes of at least 4 members (excludes halogenated alkanes) is 1. The molecular weight excluding hydrogens is 338 g/mol. The van der Waals surface area contributed by atoms with Crippen LogP contribution in [-0.2, 0) is 23.8 Å². The average molecular weight is 371 g/mol. The molecule has 0 aromatic carbocycles. The minimum Gasteiger partial charge on any atom is -0.465 e. The van der Waals surface area contributed by atoms with Gasteiger partial charge in [0, 0.05) is 12.0 Å². The lowest BCUT2D eigenvalue weighted by atomic mass is 10.0. The SMILES string of the molecule is C=C(C)C(=O)OCCNC(=O)OCCCC(=O)OCC(CC)CCCC. The molecule has 0 fully saturated rings. The molecule has 0 aliphatic carbocycles. The van der Waals surface area contributed by atoms with Crippen LogP contribution in [0.3, 0.4) is 0 Å². The highest BCUT2D eigenvalue weighted by atomic mass is 16.6. The molecule has 0 heterocycles. The van der Waals surface area contributed by atoms with Crippen molar-refractivity contribution in [2.75, 3.05) is 26.4 Å². The van der Waals surface area contributed by atoms with E-state index in [1.807, 2.05) is 0 Å². The topological polar surface area (TPSA) is 90.9 Å². The van der Waals surface area contributed by atoms with Gasteiger partial charge in [0.05, 0.1) is 19.8 Å². The summed E-state index contributed by atoms with van der Waals surface area (Å²) in [6.45, 7) is 10.0. The molecule has 0 radical (unpaired) electrons. The van der Waals surface area contributed by atoms with E-state index in [2.05, 4.69) is 25.7 Å². The Kier molecular flexibility index (Phi) is 14.0. The van der Waals surface area contributed by atoms with Crippen molar-refractivity contribution in [3.8, 4) is 0 Å². The number of alkyl carbamates (subject to hydrolysis) is 1. The molecule has 7 nitrogen and oxygen atoms in total. The maximum absolute atomic E-state index is 11.7. The van der Waals surface area contributed by atoms with E-state index in [0.717, 1.165) is 25.7 Å².